The van der Waals surface area contributed by atoms with Gasteiger partial charge in [-0.15, -0.1) is 0 Å². The first-order chi connectivity index (χ1) is 16.1. The van der Waals surface area contributed by atoms with Gasteiger partial charge in [0.2, 0.25) is 5.88 Å². The second-order valence-corrected chi connectivity index (χ2v) is 8.04. The molecule has 3 rings (SSSR count). The maximum absolute atomic E-state index is 12.7. The molecule has 1 aliphatic heterocycles. The zero-order chi connectivity index (χ0) is 24.9. The van der Waals surface area contributed by atoms with Crippen LogP contribution >= 0.6 is 11.6 Å². The molecule has 0 bridgehead atoms. The van der Waals surface area contributed by atoms with Crippen LogP contribution in [0.1, 0.15) is 18.9 Å². The van der Waals surface area contributed by atoms with Crippen LogP contribution in [0.3, 0.4) is 0 Å². The molecule has 2 heterocycles. The van der Waals surface area contributed by atoms with Gasteiger partial charge in [0.15, 0.2) is 0 Å². The molecule has 0 radical (unpaired) electrons. The van der Waals surface area contributed by atoms with Crippen molar-refractivity contribution in [2.24, 2.45) is 0 Å². The molecule has 0 aliphatic carbocycles. The lowest BCUT2D eigenvalue weighted by Crippen LogP contribution is -2.22. The maximum Gasteiger partial charge on any atom is 0.417 e. The molecule has 0 amide bonds. The van der Waals surface area contributed by atoms with Crippen LogP contribution in [0.2, 0.25) is 0 Å². The summed E-state index contributed by atoms with van der Waals surface area (Å²) in [4.78, 5) is 18.0. The number of nitrogens with zero attached hydrogens (tertiary/aromatic N) is 3. The van der Waals surface area contributed by atoms with Crippen molar-refractivity contribution in [3.63, 3.8) is 0 Å². The quantitative estimate of drug-likeness (QED) is 0.352. The van der Waals surface area contributed by atoms with E-state index in [1.54, 1.807) is 22.8 Å². The summed E-state index contributed by atoms with van der Waals surface area (Å²) < 4.78 is 51.0. The zero-order valence-electron chi connectivity index (χ0n) is 18.9. The Bertz CT molecular complexity index is 1150. The third-order valence-corrected chi connectivity index (χ3v) is 5.58. The Kier molecular flexibility index (Phi) is 8.09. The van der Waals surface area contributed by atoms with E-state index in [0.29, 0.717) is 43.4 Å². The molecular weight excluding hydrogens is 471 g/mol. The molecule has 1 aromatic heterocycles. The van der Waals surface area contributed by atoms with Gasteiger partial charge < -0.3 is 14.4 Å². The average Bonchev–Trinajstić information content (AvgIpc) is 3.17. The third-order valence-electron chi connectivity index (χ3n) is 5.22. The molecule has 0 unspecified atom stereocenters. The summed E-state index contributed by atoms with van der Waals surface area (Å²) in [5.41, 5.74) is -0.453. The number of hydrogen-bond donors (Lipinski definition) is 0. The fraction of sp³-hybridized carbons (Fsp3) is 0.333. The number of rotatable bonds is 9. The molecule has 2 aromatic rings. The number of ether oxygens (including phenoxy) is 2. The van der Waals surface area contributed by atoms with Crippen molar-refractivity contribution >= 4 is 17.4 Å². The van der Waals surface area contributed by atoms with Crippen LogP contribution in [0.15, 0.2) is 70.2 Å². The number of allylic oxidation sites excluding steroid dienone is 5. The minimum atomic E-state index is -4.59. The number of likely N-dealkylation sites (N-methyl/N-ethyl adjacent to an activating group) is 1. The largest absolute Gasteiger partial charge is 0.477 e. The highest BCUT2D eigenvalue weighted by Gasteiger charge is 2.33. The average molecular weight is 496 g/mol. The Balaban J connectivity index is 1.56. The lowest BCUT2D eigenvalue weighted by Gasteiger charge is -2.12. The van der Waals surface area contributed by atoms with Crippen LogP contribution < -0.4 is 20.1 Å². The summed E-state index contributed by atoms with van der Waals surface area (Å²) in [6, 6.07) is 8.99. The Morgan fingerprint density at radius 1 is 1.24 bits per heavy atom. The second-order valence-electron chi connectivity index (χ2n) is 7.63. The number of aromatic nitrogens is 2. The smallest absolute Gasteiger partial charge is 0.417 e. The highest BCUT2D eigenvalue weighted by Crippen LogP contribution is 2.31. The number of alkyl halides is 3. The molecule has 0 N–H and O–H groups in total. The van der Waals surface area contributed by atoms with Crippen molar-refractivity contribution < 1.29 is 22.6 Å². The number of fused-ring (bicyclic) bond motifs is 1. The van der Waals surface area contributed by atoms with Crippen LogP contribution in [0.4, 0.5) is 19.0 Å². The highest BCUT2D eigenvalue weighted by molar-refractivity contribution is 6.32. The van der Waals surface area contributed by atoms with Gasteiger partial charge in [-0.3, -0.25) is 4.57 Å². The molecule has 1 aromatic carbocycles. The molecule has 0 saturated heterocycles. The van der Waals surface area contributed by atoms with Crippen LogP contribution in [-0.4, -0.2) is 35.9 Å². The molecule has 1 aliphatic rings. The van der Waals surface area contributed by atoms with Gasteiger partial charge in [0.1, 0.15) is 17.3 Å². The van der Waals surface area contributed by atoms with Crippen molar-refractivity contribution in [1.29, 1.82) is 0 Å². The lowest BCUT2D eigenvalue weighted by molar-refractivity contribution is -0.0882. The van der Waals surface area contributed by atoms with E-state index in [9.17, 15) is 18.0 Å². The third kappa shape index (κ3) is 6.44. The Morgan fingerprint density at radius 2 is 1.94 bits per heavy atom. The SMILES string of the molecule is C=C(C(Cl)=CC=C(CC)Oc1ccc(CCOc2cc3n(c(=O)n2)CCN3C)cc1)C(F)(F)F. The molecular formula is C24H25ClF3N3O3. The molecule has 34 heavy (non-hydrogen) atoms. The lowest BCUT2D eigenvalue weighted by atomic mass is 10.1. The molecule has 0 fully saturated rings. The summed E-state index contributed by atoms with van der Waals surface area (Å²) in [5, 5.41) is -0.496. The van der Waals surface area contributed by atoms with Crippen LogP contribution in [0, 0.1) is 0 Å². The van der Waals surface area contributed by atoms with E-state index in [1.807, 2.05) is 31.0 Å². The minimum absolute atomic E-state index is 0.294. The zero-order valence-corrected chi connectivity index (χ0v) is 19.6. The van der Waals surface area contributed by atoms with Gasteiger partial charge in [-0.05, 0) is 29.8 Å². The predicted octanol–water partition coefficient (Wildman–Crippen LogP) is 5.23. The topological polar surface area (TPSA) is 56.6 Å². The number of hydrogen-bond acceptors (Lipinski definition) is 5. The predicted molar refractivity (Wildman–Crippen MR) is 126 cm³/mol. The first kappa shape index (κ1) is 25.4. The first-order valence-electron chi connectivity index (χ1n) is 10.6. The first-order valence-corrected chi connectivity index (χ1v) is 11.0. The second kappa shape index (κ2) is 10.8. The highest BCUT2D eigenvalue weighted by atomic mass is 35.5. The normalized spacial score (nSPS) is 14.2. The van der Waals surface area contributed by atoms with E-state index in [1.165, 1.54) is 6.08 Å². The Labute approximate surface area is 200 Å². The fourth-order valence-corrected chi connectivity index (χ4v) is 3.38. The molecule has 0 atom stereocenters. The van der Waals surface area contributed by atoms with E-state index in [0.717, 1.165) is 24.0 Å². The Hall–Kier alpha value is -3.20. The van der Waals surface area contributed by atoms with Crippen LogP contribution in [0.5, 0.6) is 11.6 Å². The van der Waals surface area contributed by atoms with Gasteiger partial charge in [0, 0.05) is 39.0 Å². The van der Waals surface area contributed by atoms with E-state index in [4.69, 9.17) is 21.1 Å². The van der Waals surface area contributed by atoms with E-state index in [-0.39, 0.29) is 5.69 Å². The molecule has 10 heteroatoms. The number of halogens is 4. The van der Waals surface area contributed by atoms with E-state index < -0.39 is 16.8 Å². The summed E-state index contributed by atoms with van der Waals surface area (Å²) >= 11 is 5.68. The van der Waals surface area contributed by atoms with E-state index >= 15 is 0 Å². The molecule has 0 saturated carbocycles. The number of anilines is 1. The standard InChI is InChI=1S/C24H25ClF3N3O3/c1-4-18(9-10-20(25)16(2)24(26,27)28)34-19-7-5-17(6-8-19)11-14-33-21-15-22-30(3)12-13-31(22)23(32)29-21/h5-10,15H,2,4,11-14H2,1,3H3. The summed E-state index contributed by atoms with van der Waals surface area (Å²) in [6.45, 7) is 6.49. The van der Waals surface area contributed by atoms with E-state index in [2.05, 4.69) is 11.6 Å². The van der Waals surface area contributed by atoms with Crippen molar-refractivity contribution in [1.82, 2.24) is 9.55 Å². The van der Waals surface area contributed by atoms with Gasteiger partial charge in [0.05, 0.1) is 17.2 Å². The van der Waals surface area contributed by atoms with Gasteiger partial charge in [-0.2, -0.15) is 18.2 Å². The van der Waals surface area contributed by atoms with Gasteiger partial charge >= 0.3 is 11.9 Å². The van der Waals surface area contributed by atoms with Gasteiger partial charge in [-0.1, -0.05) is 37.2 Å². The molecule has 182 valence electrons. The van der Waals surface area contributed by atoms with Gasteiger partial charge in [-0.25, -0.2) is 4.79 Å². The van der Waals surface area contributed by atoms with Gasteiger partial charge in [0.25, 0.3) is 0 Å². The fourth-order valence-electron chi connectivity index (χ4n) is 3.21. The van der Waals surface area contributed by atoms with Crippen LogP contribution in [0.25, 0.3) is 0 Å². The van der Waals surface area contributed by atoms with Crippen molar-refractivity contribution in [2.75, 3.05) is 25.1 Å². The number of benzene rings is 1. The minimum Gasteiger partial charge on any atom is -0.477 e. The summed E-state index contributed by atoms with van der Waals surface area (Å²) in [6.07, 6.45) is -1.02. The van der Waals surface area contributed by atoms with Crippen molar-refractivity contribution in [3.05, 3.63) is 81.5 Å². The Morgan fingerprint density at radius 3 is 2.59 bits per heavy atom. The summed E-state index contributed by atoms with van der Waals surface area (Å²) in [7, 11) is 1.91. The molecule has 6 nitrogen and oxygen atoms in total. The monoisotopic (exact) mass is 495 g/mol. The molecule has 0 spiro atoms. The van der Waals surface area contributed by atoms with Crippen LogP contribution in [-0.2, 0) is 13.0 Å². The maximum atomic E-state index is 12.7. The van der Waals surface area contributed by atoms with Crippen molar-refractivity contribution in [3.8, 4) is 11.6 Å². The van der Waals surface area contributed by atoms with Crippen molar-refractivity contribution in [2.45, 2.75) is 32.5 Å². The summed E-state index contributed by atoms with van der Waals surface area (Å²) in [5.74, 6) is 2.06.